The number of nitrogens with one attached hydrogen (secondary N) is 1. The zero-order valence-electron chi connectivity index (χ0n) is 19.4. The van der Waals surface area contributed by atoms with Gasteiger partial charge in [0.05, 0.1) is 6.04 Å². The number of hydrogen-bond donors (Lipinski definition) is 3. The highest BCUT2D eigenvalue weighted by Gasteiger charge is 2.29. The first-order valence-electron chi connectivity index (χ1n) is 11.6. The Morgan fingerprint density at radius 3 is 2.68 bits per heavy atom. The third-order valence-corrected chi connectivity index (χ3v) is 7.74. The van der Waals surface area contributed by atoms with Crippen molar-refractivity contribution < 1.29 is 19.4 Å². The second kappa shape index (κ2) is 10.1. The molecular weight excluding hydrogens is 453 g/mol. The van der Waals surface area contributed by atoms with Gasteiger partial charge >= 0.3 is 0 Å². The lowest BCUT2D eigenvalue weighted by molar-refractivity contribution is 0.0908. The third-order valence-electron chi connectivity index (χ3n) is 6.41. The molecule has 1 amide bonds. The normalized spacial score (nSPS) is 17.1. The van der Waals surface area contributed by atoms with Gasteiger partial charge in [0.2, 0.25) is 13.2 Å². The van der Waals surface area contributed by atoms with Crippen LogP contribution in [0, 0.1) is 5.92 Å². The van der Waals surface area contributed by atoms with Crippen LogP contribution in [-0.4, -0.2) is 42.3 Å². The summed E-state index contributed by atoms with van der Waals surface area (Å²) in [7, 11) is -3.41. The van der Waals surface area contributed by atoms with E-state index in [1.165, 1.54) is 24.0 Å². The number of hydrogen-bond acceptors (Lipinski definition) is 6. The number of amides is 1. The van der Waals surface area contributed by atoms with E-state index in [1.54, 1.807) is 24.5 Å². The van der Waals surface area contributed by atoms with Gasteiger partial charge in [-0.2, -0.15) is 10.1 Å². The molecule has 1 aromatic carbocycles. The van der Waals surface area contributed by atoms with Gasteiger partial charge in [-0.05, 0) is 48.4 Å². The van der Waals surface area contributed by atoms with E-state index in [4.69, 9.17) is 0 Å². The van der Waals surface area contributed by atoms with Crippen LogP contribution < -0.4 is 10.6 Å². The highest BCUT2D eigenvalue weighted by Crippen LogP contribution is 2.39. The van der Waals surface area contributed by atoms with Crippen LogP contribution in [0.3, 0.4) is 0 Å². The zero-order valence-corrected chi connectivity index (χ0v) is 20.3. The first kappa shape index (κ1) is 24.1. The van der Waals surface area contributed by atoms with Crippen molar-refractivity contribution in [2.24, 2.45) is 5.92 Å². The number of aryl methyl sites for hydroxylation is 1. The molecule has 2 atom stereocenters. The summed E-state index contributed by atoms with van der Waals surface area (Å²) in [6, 6.07) is 6.87. The summed E-state index contributed by atoms with van der Waals surface area (Å²) < 4.78 is 13.7. The second-order valence-corrected chi connectivity index (χ2v) is 11.1. The molecule has 1 unspecified atom stereocenters. The van der Waals surface area contributed by atoms with Crippen molar-refractivity contribution in [1.29, 1.82) is 0 Å². The molecular formula is C24H30N5O4P. The Kier molecular flexibility index (Phi) is 7.14. The van der Waals surface area contributed by atoms with Gasteiger partial charge in [0, 0.05) is 30.6 Å². The Balaban J connectivity index is 1.65. The van der Waals surface area contributed by atoms with E-state index in [2.05, 4.69) is 20.4 Å². The maximum Gasteiger partial charge on any atom is 0.258 e. The predicted molar refractivity (Wildman–Crippen MR) is 129 cm³/mol. The Bertz CT molecular complexity index is 1200. The van der Waals surface area contributed by atoms with Crippen molar-refractivity contribution in [3.8, 4) is 11.8 Å². The minimum Gasteiger partial charge on any atom is -0.493 e. The lowest BCUT2D eigenvalue weighted by atomic mass is 9.80. The van der Waals surface area contributed by atoms with Crippen molar-refractivity contribution >= 4 is 18.6 Å². The van der Waals surface area contributed by atoms with Gasteiger partial charge in [0.25, 0.3) is 11.9 Å². The summed E-state index contributed by atoms with van der Waals surface area (Å²) in [5, 5.41) is 18.0. The molecule has 10 heteroatoms. The molecule has 9 nitrogen and oxygen atoms in total. The molecule has 0 spiro atoms. The first-order valence-corrected chi connectivity index (χ1v) is 13.7. The molecule has 1 saturated carbocycles. The van der Waals surface area contributed by atoms with E-state index in [9.17, 15) is 19.4 Å². The summed E-state index contributed by atoms with van der Waals surface area (Å²) in [5.41, 5.74) is 1.68. The predicted octanol–water partition coefficient (Wildman–Crippen LogP) is 3.51. The molecule has 180 valence electrons. The summed E-state index contributed by atoms with van der Waals surface area (Å²) in [5.74, 6) is -0.496. The van der Waals surface area contributed by atoms with E-state index in [0.29, 0.717) is 11.7 Å². The Hall–Kier alpha value is -3.03. The molecule has 0 bridgehead atoms. The standard InChI is InChI=1S/C24H30N5O4P/c1-3-16-14-18(10-11-20(16)34(2,32)33)21(17-8-5-4-6-9-17)27-22(30)19-15-25-24(28-23(19)31)29-13-7-12-26-29/h7,10-15,17,21H,3-6,8-9H2,1-2H3,(H,27,30)(H,32,33)(H,25,28,31)/t21-/m0/s1. The van der Waals surface area contributed by atoms with Crippen LogP contribution in [0.15, 0.2) is 42.9 Å². The van der Waals surface area contributed by atoms with Gasteiger partial charge in [-0.15, -0.1) is 0 Å². The highest BCUT2D eigenvalue weighted by molar-refractivity contribution is 7.65. The number of aromatic hydroxyl groups is 1. The van der Waals surface area contributed by atoms with Gasteiger partial charge in [-0.3, -0.25) is 9.36 Å². The average Bonchev–Trinajstić information content (AvgIpc) is 3.37. The molecule has 34 heavy (non-hydrogen) atoms. The number of nitrogens with zero attached hydrogens (tertiary/aromatic N) is 4. The minimum absolute atomic E-state index is 0.0162. The quantitative estimate of drug-likeness (QED) is 0.439. The van der Waals surface area contributed by atoms with Gasteiger partial charge in [-0.1, -0.05) is 38.3 Å². The monoisotopic (exact) mass is 483 g/mol. The molecule has 1 aliphatic rings. The van der Waals surface area contributed by atoms with Gasteiger partial charge in [0.15, 0.2) is 0 Å². The molecule has 2 heterocycles. The summed E-state index contributed by atoms with van der Waals surface area (Å²) in [4.78, 5) is 31.5. The Morgan fingerprint density at radius 2 is 2.06 bits per heavy atom. The molecule has 0 radical (unpaired) electrons. The van der Waals surface area contributed by atoms with E-state index in [1.807, 2.05) is 19.1 Å². The topological polar surface area (TPSA) is 130 Å². The number of aromatic nitrogens is 4. The fourth-order valence-corrected chi connectivity index (χ4v) is 5.77. The van der Waals surface area contributed by atoms with Crippen molar-refractivity contribution in [1.82, 2.24) is 25.1 Å². The van der Waals surface area contributed by atoms with E-state index in [-0.39, 0.29) is 23.5 Å². The van der Waals surface area contributed by atoms with E-state index >= 15 is 0 Å². The largest absolute Gasteiger partial charge is 0.493 e. The fourth-order valence-electron chi connectivity index (χ4n) is 4.67. The summed E-state index contributed by atoms with van der Waals surface area (Å²) in [6.45, 7) is 3.29. The van der Waals surface area contributed by atoms with Crippen LogP contribution >= 0.6 is 7.37 Å². The number of carbonyl (C=O) groups excluding carboxylic acids is 1. The van der Waals surface area contributed by atoms with Crippen LogP contribution in [0.4, 0.5) is 0 Å². The van der Waals surface area contributed by atoms with Crippen LogP contribution in [0.25, 0.3) is 5.95 Å². The van der Waals surface area contributed by atoms with Crippen molar-refractivity contribution in [2.45, 2.75) is 51.5 Å². The SMILES string of the molecule is CCc1cc([C@@H](NC(=O)c2cnc(-n3cccn3)nc2O)C2CCCCC2)ccc1P(C)(=O)O. The minimum atomic E-state index is -3.41. The van der Waals surface area contributed by atoms with Gasteiger partial charge < -0.3 is 15.3 Å². The van der Waals surface area contributed by atoms with Crippen LogP contribution in [0.5, 0.6) is 5.88 Å². The second-order valence-electron chi connectivity index (χ2n) is 8.83. The van der Waals surface area contributed by atoms with Crippen molar-refractivity contribution in [3.63, 3.8) is 0 Å². The lowest BCUT2D eigenvalue weighted by Crippen LogP contribution is -2.35. The number of benzene rings is 1. The van der Waals surface area contributed by atoms with Crippen molar-refractivity contribution in [3.05, 3.63) is 59.5 Å². The molecule has 1 fully saturated rings. The molecule has 3 N–H and O–H groups in total. The van der Waals surface area contributed by atoms with Crippen molar-refractivity contribution in [2.75, 3.05) is 6.66 Å². The van der Waals surface area contributed by atoms with Crippen LogP contribution in [0.1, 0.15) is 66.6 Å². The molecule has 3 aromatic rings. The lowest BCUT2D eigenvalue weighted by Gasteiger charge is -2.32. The third kappa shape index (κ3) is 5.21. The van der Waals surface area contributed by atoms with E-state index < -0.39 is 19.2 Å². The maximum absolute atomic E-state index is 13.2. The van der Waals surface area contributed by atoms with Crippen LogP contribution in [0.2, 0.25) is 0 Å². The highest BCUT2D eigenvalue weighted by atomic mass is 31.2. The van der Waals surface area contributed by atoms with Gasteiger partial charge in [-0.25, -0.2) is 9.67 Å². The van der Waals surface area contributed by atoms with Gasteiger partial charge in [0.1, 0.15) is 5.56 Å². The summed E-state index contributed by atoms with van der Waals surface area (Å²) >= 11 is 0. The molecule has 1 aliphatic carbocycles. The maximum atomic E-state index is 13.2. The van der Waals surface area contributed by atoms with Crippen LogP contribution in [-0.2, 0) is 11.0 Å². The molecule has 2 aromatic heterocycles. The zero-order chi connectivity index (χ0) is 24.3. The first-order chi connectivity index (χ1) is 16.3. The molecule has 0 aliphatic heterocycles. The Morgan fingerprint density at radius 1 is 1.29 bits per heavy atom. The number of rotatable bonds is 7. The average molecular weight is 484 g/mol. The van der Waals surface area contributed by atoms with E-state index in [0.717, 1.165) is 36.8 Å². The molecule has 4 rings (SSSR count). The fraction of sp³-hybridized carbons (Fsp3) is 0.417. The smallest absolute Gasteiger partial charge is 0.258 e. The Labute approximate surface area is 198 Å². The molecule has 0 saturated heterocycles. The summed E-state index contributed by atoms with van der Waals surface area (Å²) in [6.07, 6.45) is 10.4. The number of carbonyl (C=O) groups is 1.